The number of hydrogen-bond donors (Lipinski definition) is 2. The van der Waals surface area contributed by atoms with E-state index in [-0.39, 0.29) is 5.82 Å². The third kappa shape index (κ3) is 4.98. The Morgan fingerprint density at radius 1 is 1.11 bits per heavy atom. The first-order valence-electron chi connectivity index (χ1n) is 11.7. The molecule has 0 radical (unpaired) electrons. The molecule has 2 N–H and O–H groups in total. The van der Waals surface area contributed by atoms with Gasteiger partial charge in [-0.1, -0.05) is 43.5 Å². The SMILES string of the molecule is C=C/C=C(/c1cccc(F)c1)c1cc(-c2n[nH]c(=C/C)/c2=C\C(=C)c2cncc(N(C)C)c2)[nH]c1C. The molecule has 4 aromatic rings. The number of benzene rings is 1. The molecule has 182 valence electrons. The number of aromatic nitrogens is 4. The van der Waals surface area contributed by atoms with Crippen LogP contribution in [0.1, 0.15) is 29.3 Å². The lowest BCUT2D eigenvalue weighted by Crippen LogP contribution is -2.23. The van der Waals surface area contributed by atoms with Crippen molar-refractivity contribution in [2.24, 2.45) is 0 Å². The van der Waals surface area contributed by atoms with Crippen molar-refractivity contribution in [2.45, 2.75) is 13.8 Å². The van der Waals surface area contributed by atoms with Gasteiger partial charge in [0.05, 0.1) is 22.9 Å². The number of rotatable bonds is 7. The van der Waals surface area contributed by atoms with Crippen molar-refractivity contribution in [1.29, 1.82) is 0 Å². The zero-order chi connectivity index (χ0) is 25.8. The molecular weight excluding hydrogens is 449 g/mol. The van der Waals surface area contributed by atoms with Crippen LogP contribution in [0.3, 0.4) is 0 Å². The fraction of sp³-hybridized carbons (Fsp3) is 0.133. The van der Waals surface area contributed by atoms with Gasteiger partial charge in [0, 0.05) is 42.3 Å². The van der Waals surface area contributed by atoms with E-state index < -0.39 is 0 Å². The number of aromatic amines is 2. The molecule has 0 aliphatic rings. The van der Waals surface area contributed by atoms with Gasteiger partial charge in [-0.05, 0) is 60.9 Å². The Kier molecular flexibility index (Phi) is 7.15. The minimum absolute atomic E-state index is 0.283. The smallest absolute Gasteiger partial charge is 0.123 e. The van der Waals surface area contributed by atoms with Gasteiger partial charge < -0.3 is 9.88 Å². The van der Waals surface area contributed by atoms with Gasteiger partial charge in [0.25, 0.3) is 0 Å². The van der Waals surface area contributed by atoms with E-state index in [9.17, 15) is 4.39 Å². The maximum atomic E-state index is 14.0. The van der Waals surface area contributed by atoms with Crippen LogP contribution in [-0.4, -0.2) is 34.3 Å². The normalized spacial score (nSPS) is 12.8. The predicted octanol–water partition coefficient (Wildman–Crippen LogP) is 5.23. The lowest BCUT2D eigenvalue weighted by molar-refractivity contribution is 0.627. The fourth-order valence-electron chi connectivity index (χ4n) is 4.12. The summed E-state index contributed by atoms with van der Waals surface area (Å²) in [6.45, 7) is 12.1. The number of anilines is 1. The summed E-state index contributed by atoms with van der Waals surface area (Å²) >= 11 is 0. The van der Waals surface area contributed by atoms with Crippen LogP contribution in [-0.2, 0) is 0 Å². The second-order valence-corrected chi connectivity index (χ2v) is 8.73. The summed E-state index contributed by atoms with van der Waals surface area (Å²) < 4.78 is 14.0. The Hall–Kier alpha value is -4.45. The summed E-state index contributed by atoms with van der Waals surface area (Å²) in [6, 6.07) is 10.7. The van der Waals surface area contributed by atoms with E-state index >= 15 is 0 Å². The summed E-state index contributed by atoms with van der Waals surface area (Å²) in [4.78, 5) is 9.84. The van der Waals surface area contributed by atoms with Crippen LogP contribution >= 0.6 is 0 Å². The summed E-state index contributed by atoms with van der Waals surface area (Å²) in [5.41, 5.74) is 7.93. The summed E-state index contributed by atoms with van der Waals surface area (Å²) in [6.07, 6.45) is 11.2. The summed E-state index contributed by atoms with van der Waals surface area (Å²) in [7, 11) is 3.96. The first kappa shape index (κ1) is 24.7. The summed E-state index contributed by atoms with van der Waals surface area (Å²) in [5.74, 6) is -0.283. The van der Waals surface area contributed by atoms with Gasteiger partial charge >= 0.3 is 0 Å². The maximum absolute atomic E-state index is 14.0. The molecule has 0 fully saturated rings. The first-order chi connectivity index (χ1) is 17.3. The minimum Gasteiger partial charge on any atom is -0.376 e. The number of pyridine rings is 1. The maximum Gasteiger partial charge on any atom is 0.123 e. The second kappa shape index (κ2) is 10.4. The molecule has 0 unspecified atom stereocenters. The van der Waals surface area contributed by atoms with Gasteiger partial charge in [0.15, 0.2) is 0 Å². The molecule has 6 heteroatoms. The monoisotopic (exact) mass is 479 g/mol. The number of H-pyrrole nitrogens is 2. The fourth-order valence-corrected chi connectivity index (χ4v) is 4.12. The van der Waals surface area contributed by atoms with Gasteiger partial charge in [-0.2, -0.15) is 5.10 Å². The molecule has 5 nitrogen and oxygen atoms in total. The highest BCUT2D eigenvalue weighted by atomic mass is 19.1. The van der Waals surface area contributed by atoms with Crippen molar-refractivity contribution in [3.63, 3.8) is 0 Å². The van der Waals surface area contributed by atoms with Crippen molar-refractivity contribution < 1.29 is 4.39 Å². The molecule has 0 atom stereocenters. The standard InChI is InChI=1S/C30H30FN5/c1-7-10-25(21-11-9-12-23(31)14-21)26-16-29(33-20(26)4)30-27(28(8-2)34-35-30)13-19(3)22-15-24(36(5)6)18-32-17-22/h7-18,33-34H,1,3H2,2,4-6H3/b25-10-,27-13+,28-8+. The molecule has 0 aliphatic carbocycles. The first-order valence-corrected chi connectivity index (χ1v) is 11.7. The molecule has 0 bridgehead atoms. The number of halogens is 1. The zero-order valence-corrected chi connectivity index (χ0v) is 21.1. The van der Waals surface area contributed by atoms with E-state index in [1.165, 1.54) is 12.1 Å². The van der Waals surface area contributed by atoms with E-state index in [2.05, 4.69) is 39.4 Å². The van der Waals surface area contributed by atoms with Gasteiger partial charge in [-0.15, -0.1) is 0 Å². The largest absolute Gasteiger partial charge is 0.376 e. The second-order valence-electron chi connectivity index (χ2n) is 8.73. The van der Waals surface area contributed by atoms with Crippen molar-refractivity contribution >= 4 is 29.0 Å². The number of nitrogens with one attached hydrogen (secondary N) is 2. The van der Waals surface area contributed by atoms with Crippen LogP contribution in [0.5, 0.6) is 0 Å². The van der Waals surface area contributed by atoms with Crippen molar-refractivity contribution in [2.75, 3.05) is 19.0 Å². The highest BCUT2D eigenvalue weighted by Crippen LogP contribution is 2.30. The molecule has 36 heavy (non-hydrogen) atoms. The molecule has 0 aliphatic heterocycles. The summed E-state index contributed by atoms with van der Waals surface area (Å²) in [5, 5.41) is 9.56. The van der Waals surface area contributed by atoms with Gasteiger partial charge in [0.1, 0.15) is 11.5 Å². The predicted molar refractivity (Wildman–Crippen MR) is 148 cm³/mol. The molecule has 0 spiro atoms. The highest BCUT2D eigenvalue weighted by Gasteiger charge is 2.15. The van der Waals surface area contributed by atoms with Crippen molar-refractivity contribution in [3.8, 4) is 11.4 Å². The molecule has 3 aromatic heterocycles. The molecular formula is C30H30FN5. The van der Waals surface area contributed by atoms with E-state index in [1.807, 2.05) is 75.6 Å². The lowest BCUT2D eigenvalue weighted by atomic mass is 9.97. The number of allylic oxidation sites excluding steroid dienone is 3. The van der Waals surface area contributed by atoms with Crippen LogP contribution in [0.4, 0.5) is 10.1 Å². The van der Waals surface area contributed by atoms with Gasteiger partial charge in [-0.3, -0.25) is 10.1 Å². The Morgan fingerprint density at radius 2 is 1.92 bits per heavy atom. The molecule has 4 rings (SSSR count). The molecule has 3 heterocycles. The third-order valence-electron chi connectivity index (χ3n) is 6.03. The quantitative estimate of drug-likeness (QED) is 0.357. The molecule has 0 amide bonds. The van der Waals surface area contributed by atoms with Gasteiger partial charge in [-0.25, -0.2) is 4.39 Å². The van der Waals surface area contributed by atoms with Crippen molar-refractivity contribution in [3.05, 3.63) is 113 Å². The lowest BCUT2D eigenvalue weighted by Gasteiger charge is -2.12. The van der Waals surface area contributed by atoms with Crippen LogP contribution in [0.15, 0.2) is 74.1 Å². The topological polar surface area (TPSA) is 60.6 Å². The molecule has 0 saturated heterocycles. The minimum atomic E-state index is -0.283. The Morgan fingerprint density at radius 3 is 2.61 bits per heavy atom. The molecule has 0 saturated carbocycles. The highest BCUT2D eigenvalue weighted by molar-refractivity contribution is 5.89. The Bertz CT molecular complexity index is 1580. The average molecular weight is 480 g/mol. The number of hydrogen-bond acceptors (Lipinski definition) is 3. The van der Waals surface area contributed by atoms with Crippen LogP contribution in [0.2, 0.25) is 0 Å². The van der Waals surface area contributed by atoms with Crippen molar-refractivity contribution in [1.82, 2.24) is 20.2 Å². The van der Waals surface area contributed by atoms with Gasteiger partial charge in [0.2, 0.25) is 0 Å². The zero-order valence-electron chi connectivity index (χ0n) is 21.1. The van der Waals surface area contributed by atoms with E-state index in [1.54, 1.807) is 12.1 Å². The third-order valence-corrected chi connectivity index (χ3v) is 6.03. The van der Waals surface area contributed by atoms with E-state index in [0.717, 1.165) is 61.2 Å². The van der Waals surface area contributed by atoms with Crippen LogP contribution in [0.25, 0.3) is 34.7 Å². The number of nitrogens with zero attached hydrogens (tertiary/aromatic N) is 3. The number of aryl methyl sites for hydroxylation is 1. The van der Waals surface area contributed by atoms with E-state index in [0.29, 0.717) is 0 Å². The van der Waals surface area contributed by atoms with E-state index in [4.69, 9.17) is 0 Å². The van der Waals surface area contributed by atoms with Crippen LogP contribution < -0.4 is 15.5 Å². The Labute approximate surface area is 210 Å². The average Bonchev–Trinajstić information content (AvgIpc) is 3.45. The molecule has 1 aromatic carbocycles. The Balaban J connectivity index is 1.82. The van der Waals surface area contributed by atoms with Crippen LogP contribution in [0, 0.1) is 12.7 Å².